The van der Waals surface area contributed by atoms with Crippen LogP contribution < -0.4 is 5.32 Å². The second kappa shape index (κ2) is 7.25. The Kier molecular flexibility index (Phi) is 4.88. The summed E-state index contributed by atoms with van der Waals surface area (Å²) >= 11 is 0. The fraction of sp³-hybridized carbons (Fsp3) is 0.211. The monoisotopic (exact) mass is 338 g/mol. The van der Waals surface area contributed by atoms with Gasteiger partial charge in [0.15, 0.2) is 0 Å². The molecule has 6 heteroatoms. The maximum Gasteiger partial charge on any atom is 0.224 e. The molecule has 2 heterocycles. The van der Waals surface area contributed by atoms with Crippen LogP contribution in [-0.2, 0) is 17.8 Å². The van der Waals surface area contributed by atoms with Crippen molar-refractivity contribution in [1.82, 2.24) is 20.1 Å². The number of benzene rings is 1. The minimum atomic E-state index is -0.283. The molecular formula is C19H19FN4O. The average Bonchev–Trinajstić information content (AvgIpc) is 2.89. The lowest BCUT2D eigenvalue weighted by Crippen LogP contribution is -2.25. The number of carbonyl (C=O) groups excluding carboxylic acids is 1. The molecule has 0 bridgehead atoms. The number of rotatable bonds is 5. The molecule has 1 amide bonds. The van der Waals surface area contributed by atoms with Crippen LogP contribution in [0.3, 0.4) is 0 Å². The maximum atomic E-state index is 13.1. The number of carbonyl (C=O) groups is 1. The summed E-state index contributed by atoms with van der Waals surface area (Å²) in [5, 5.41) is 7.44. The number of hydrogen-bond donors (Lipinski definition) is 1. The lowest BCUT2D eigenvalue weighted by atomic mass is 10.1. The molecule has 0 saturated carbocycles. The van der Waals surface area contributed by atoms with Crippen LogP contribution in [0.15, 0.2) is 48.8 Å². The first-order chi connectivity index (χ1) is 12.0. The van der Waals surface area contributed by atoms with Gasteiger partial charge in [0.05, 0.1) is 17.8 Å². The molecule has 3 rings (SSSR count). The van der Waals surface area contributed by atoms with Gasteiger partial charge >= 0.3 is 0 Å². The topological polar surface area (TPSA) is 59.8 Å². The van der Waals surface area contributed by atoms with Crippen LogP contribution >= 0.6 is 0 Å². The van der Waals surface area contributed by atoms with Crippen LogP contribution in [0.1, 0.15) is 22.5 Å². The van der Waals surface area contributed by atoms with Gasteiger partial charge in [-0.1, -0.05) is 0 Å². The number of amides is 1. The second-order valence-electron chi connectivity index (χ2n) is 5.85. The number of nitrogens with one attached hydrogen (secondary N) is 1. The quantitative estimate of drug-likeness (QED) is 0.778. The number of halogens is 1. The van der Waals surface area contributed by atoms with E-state index in [4.69, 9.17) is 0 Å². The Morgan fingerprint density at radius 2 is 1.80 bits per heavy atom. The molecule has 5 nitrogen and oxygen atoms in total. The first-order valence-electron chi connectivity index (χ1n) is 8.01. The zero-order valence-corrected chi connectivity index (χ0v) is 14.2. The van der Waals surface area contributed by atoms with Crippen LogP contribution in [-0.4, -0.2) is 20.7 Å². The van der Waals surface area contributed by atoms with E-state index in [2.05, 4.69) is 15.4 Å². The average molecular weight is 338 g/mol. The number of aromatic nitrogens is 3. The Bertz CT molecular complexity index is 872. The van der Waals surface area contributed by atoms with Gasteiger partial charge in [0.1, 0.15) is 5.82 Å². The minimum Gasteiger partial charge on any atom is -0.352 e. The highest BCUT2D eigenvalue weighted by Crippen LogP contribution is 2.18. The molecule has 128 valence electrons. The van der Waals surface area contributed by atoms with Gasteiger partial charge in [-0.25, -0.2) is 9.07 Å². The molecule has 0 unspecified atom stereocenters. The van der Waals surface area contributed by atoms with Crippen molar-refractivity contribution in [2.24, 2.45) is 0 Å². The van der Waals surface area contributed by atoms with E-state index in [-0.39, 0.29) is 11.7 Å². The molecule has 2 aromatic heterocycles. The highest BCUT2D eigenvalue weighted by atomic mass is 19.1. The predicted molar refractivity (Wildman–Crippen MR) is 92.8 cm³/mol. The number of nitrogens with zero attached hydrogens (tertiary/aromatic N) is 3. The van der Waals surface area contributed by atoms with Gasteiger partial charge in [-0.2, -0.15) is 5.10 Å². The van der Waals surface area contributed by atoms with Gasteiger partial charge < -0.3 is 5.32 Å². The molecule has 0 spiro atoms. The number of aryl methyl sites for hydroxylation is 1. The second-order valence-corrected chi connectivity index (χ2v) is 5.85. The molecular weight excluding hydrogens is 319 g/mol. The van der Waals surface area contributed by atoms with E-state index < -0.39 is 0 Å². The third-order valence-corrected chi connectivity index (χ3v) is 4.09. The van der Waals surface area contributed by atoms with E-state index in [1.54, 1.807) is 29.2 Å². The van der Waals surface area contributed by atoms with E-state index in [1.807, 2.05) is 26.0 Å². The SMILES string of the molecule is Cc1nn(-c2ccc(F)cc2)c(C)c1CNC(=O)Cc1ccncc1. The molecule has 25 heavy (non-hydrogen) atoms. The Balaban J connectivity index is 1.71. The number of hydrogen-bond acceptors (Lipinski definition) is 3. The fourth-order valence-electron chi connectivity index (χ4n) is 2.70. The van der Waals surface area contributed by atoms with Crippen molar-refractivity contribution < 1.29 is 9.18 Å². The lowest BCUT2D eigenvalue weighted by Gasteiger charge is -2.07. The summed E-state index contributed by atoms with van der Waals surface area (Å²) in [6.45, 7) is 4.24. The van der Waals surface area contributed by atoms with Gasteiger partial charge in [0.2, 0.25) is 5.91 Å². The fourth-order valence-corrected chi connectivity index (χ4v) is 2.70. The molecule has 1 aromatic carbocycles. The predicted octanol–water partition coefficient (Wildman–Crippen LogP) is 2.88. The van der Waals surface area contributed by atoms with Gasteiger partial charge in [0.25, 0.3) is 0 Å². The van der Waals surface area contributed by atoms with Crippen LogP contribution in [0.2, 0.25) is 0 Å². The molecule has 0 aliphatic carbocycles. The van der Waals surface area contributed by atoms with E-state index in [1.165, 1.54) is 12.1 Å². The Morgan fingerprint density at radius 1 is 1.12 bits per heavy atom. The molecule has 3 aromatic rings. The van der Waals surface area contributed by atoms with Gasteiger partial charge in [0, 0.05) is 30.2 Å². The third-order valence-electron chi connectivity index (χ3n) is 4.09. The van der Waals surface area contributed by atoms with Gasteiger partial charge in [-0.05, 0) is 55.8 Å². The molecule has 0 radical (unpaired) electrons. The van der Waals surface area contributed by atoms with Crippen LogP contribution in [0.5, 0.6) is 0 Å². The smallest absolute Gasteiger partial charge is 0.224 e. The van der Waals surface area contributed by atoms with Crippen molar-refractivity contribution in [2.45, 2.75) is 26.8 Å². The van der Waals surface area contributed by atoms with Gasteiger partial charge in [-0.3, -0.25) is 9.78 Å². The van der Waals surface area contributed by atoms with E-state index in [0.717, 1.165) is 28.2 Å². The van der Waals surface area contributed by atoms with Crippen LogP contribution in [0.4, 0.5) is 4.39 Å². The third kappa shape index (κ3) is 3.91. The van der Waals surface area contributed by atoms with Crippen LogP contribution in [0, 0.1) is 19.7 Å². The van der Waals surface area contributed by atoms with E-state index in [0.29, 0.717) is 13.0 Å². The van der Waals surface area contributed by atoms with E-state index >= 15 is 0 Å². The lowest BCUT2D eigenvalue weighted by molar-refractivity contribution is -0.120. The van der Waals surface area contributed by atoms with Crippen molar-refractivity contribution >= 4 is 5.91 Å². The van der Waals surface area contributed by atoms with Crippen molar-refractivity contribution in [3.8, 4) is 5.69 Å². The molecule has 0 aliphatic rings. The zero-order chi connectivity index (χ0) is 17.8. The van der Waals surface area contributed by atoms with Gasteiger partial charge in [-0.15, -0.1) is 0 Å². The van der Waals surface area contributed by atoms with Crippen molar-refractivity contribution in [1.29, 1.82) is 0 Å². The minimum absolute atomic E-state index is 0.0560. The maximum absolute atomic E-state index is 13.1. The summed E-state index contributed by atoms with van der Waals surface area (Å²) in [4.78, 5) is 16.1. The molecule has 1 N–H and O–H groups in total. The number of pyridine rings is 1. The highest BCUT2D eigenvalue weighted by molar-refractivity contribution is 5.78. The normalized spacial score (nSPS) is 10.7. The standard InChI is InChI=1S/C19H19FN4O/c1-13-18(12-22-19(25)11-15-7-9-21-10-8-15)14(2)24(23-13)17-5-3-16(20)4-6-17/h3-10H,11-12H2,1-2H3,(H,22,25). The Hall–Kier alpha value is -3.02. The Morgan fingerprint density at radius 3 is 2.48 bits per heavy atom. The molecule has 0 atom stereocenters. The summed E-state index contributed by atoms with van der Waals surface area (Å²) < 4.78 is 14.9. The summed E-state index contributed by atoms with van der Waals surface area (Å²) in [7, 11) is 0. The van der Waals surface area contributed by atoms with Crippen molar-refractivity contribution in [3.05, 3.63) is 77.1 Å². The largest absolute Gasteiger partial charge is 0.352 e. The molecule has 0 fully saturated rings. The zero-order valence-electron chi connectivity index (χ0n) is 14.2. The molecule has 0 saturated heterocycles. The molecule has 0 aliphatic heterocycles. The summed E-state index contributed by atoms with van der Waals surface area (Å²) in [6.07, 6.45) is 3.65. The van der Waals surface area contributed by atoms with Crippen molar-refractivity contribution in [2.75, 3.05) is 0 Å². The summed E-state index contributed by atoms with van der Waals surface area (Å²) in [5.41, 5.74) is 4.44. The first kappa shape index (κ1) is 16.8. The van der Waals surface area contributed by atoms with Crippen molar-refractivity contribution in [3.63, 3.8) is 0 Å². The van der Waals surface area contributed by atoms with E-state index in [9.17, 15) is 9.18 Å². The highest BCUT2D eigenvalue weighted by Gasteiger charge is 2.14. The summed E-state index contributed by atoms with van der Waals surface area (Å²) in [5.74, 6) is -0.339. The summed E-state index contributed by atoms with van der Waals surface area (Å²) in [6, 6.07) is 9.82. The Labute approximate surface area is 145 Å². The van der Waals surface area contributed by atoms with Crippen LogP contribution in [0.25, 0.3) is 5.69 Å². The first-order valence-corrected chi connectivity index (χ1v) is 8.01.